The first-order valence-corrected chi connectivity index (χ1v) is 9.73. The fraction of sp³-hybridized carbons (Fsp3) is 0.364. The second kappa shape index (κ2) is 10.5. The molecule has 2 aromatic rings. The van der Waals surface area contributed by atoms with E-state index in [1.165, 1.54) is 14.2 Å². The van der Waals surface area contributed by atoms with Gasteiger partial charge >= 0.3 is 0 Å². The van der Waals surface area contributed by atoms with Gasteiger partial charge in [0.15, 0.2) is 0 Å². The topological polar surface area (TPSA) is 90.4 Å². The van der Waals surface area contributed by atoms with Gasteiger partial charge < -0.3 is 24.3 Å². The van der Waals surface area contributed by atoms with Crippen LogP contribution in [0.2, 0.25) is 0 Å². The predicted octanol–water partition coefficient (Wildman–Crippen LogP) is 3.09. The van der Waals surface area contributed by atoms with Crippen LogP contribution >= 0.6 is 0 Å². The number of nitrogens with zero attached hydrogens (tertiary/aromatic N) is 1. The smallest absolute Gasteiger partial charge is 0.258 e. The normalized spacial score (nSPS) is 16.1. The molecule has 2 N–H and O–H groups in total. The van der Waals surface area contributed by atoms with Crippen molar-refractivity contribution in [1.29, 1.82) is 0 Å². The molecule has 0 radical (unpaired) electrons. The van der Waals surface area contributed by atoms with E-state index in [9.17, 15) is 4.79 Å². The zero-order valence-electron chi connectivity index (χ0n) is 17.4. The van der Waals surface area contributed by atoms with Gasteiger partial charge in [0.2, 0.25) is 5.96 Å². The van der Waals surface area contributed by atoms with Crippen molar-refractivity contribution in [2.45, 2.75) is 18.9 Å². The van der Waals surface area contributed by atoms with Gasteiger partial charge in [0, 0.05) is 18.2 Å². The average molecular weight is 413 g/mol. The summed E-state index contributed by atoms with van der Waals surface area (Å²) in [5.41, 5.74) is 1.08. The summed E-state index contributed by atoms with van der Waals surface area (Å²) in [6, 6.07) is 12.4. The third-order valence-corrected chi connectivity index (χ3v) is 4.68. The molecule has 1 atom stereocenters. The minimum atomic E-state index is -0.347. The molecule has 0 saturated carbocycles. The van der Waals surface area contributed by atoms with Crippen molar-refractivity contribution in [2.75, 3.05) is 39.8 Å². The van der Waals surface area contributed by atoms with Gasteiger partial charge in [0.1, 0.15) is 17.2 Å². The van der Waals surface area contributed by atoms with Crippen molar-refractivity contribution < 1.29 is 23.7 Å². The first kappa shape index (κ1) is 21.4. The zero-order chi connectivity index (χ0) is 21.3. The third kappa shape index (κ3) is 5.64. The van der Waals surface area contributed by atoms with Crippen molar-refractivity contribution in [3.63, 3.8) is 0 Å². The van der Waals surface area contributed by atoms with Crippen molar-refractivity contribution in [3.05, 3.63) is 48.0 Å². The van der Waals surface area contributed by atoms with Crippen LogP contribution in [0.5, 0.6) is 17.2 Å². The highest BCUT2D eigenvalue weighted by atomic mass is 16.5. The molecule has 1 fully saturated rings. The second-order valence-electron chi connectivity index (χ2n) is 6.71. The highest BCUT2D eigenvalue weighted by molar-refractivity contribution is 6.10. The lowest BCUT2D eigenvalue weighted by molar-refractivity contribution is 0.0975. The van der Waals surface area contributed by atoms with E-state index in [0.717, 1.165) is 19.4 Å². The van der Waals surface area contributed by atoms with Crippen LogP contribution in [0, 0.1) is 0 Å². The molecular formula is C22H27N3O5. The molecule has 1 amide bonds. The third-order valence-electron chi connectivity index (χ3n) is 4.68. The first-order chi connectivity index (χ1) is 14.6. The standard InChI is InChI=1S/C22H27N3O5/c1-27-17-11-15(12-18(13-17)28-2)21(26)25-22(23-14-16-7-6-10-30-16)24-19-8-4-5-9-20(19)29-3/h4-5,8-9,11-13,16H,6-7,10,14H2,1-3H3,(H2,23,24,25,26)/t16-/m1/s1. The van der Waals surface area contributed by atoms with E-state index in [1.54, 1.807) is 25.3 Å². The number of aliphatic imine (C=N–C) groups is 1. The van der Waals surface area contributed by atoms with Crippen LogP contribution in [0.1, 0.15) is 23.2 Å². The number of benzene rings is 2. The summed E-state index contributed by atoms with van der Waals surface area (Å²) in [6.07, 6.45) is 2.02. The van der Waals surface area contributed by atoms with Gasteiger partial charge in [-0.25, -0.2) is 4.99 Å². The first-order valence-electron chi connectivity index (χ1n) is 9.73. The van der Waals surface area contributed by atoms with Crippen LogP contribution in [-0.4, -0.2) is 52.5 Å². The SMILES string of the molecule is COc1cc(OC)cc(C(=O)NC(=NC[C@H]2CCCO2)Nc2ccccc2OC)c1. The Hall–Kier alpha value is -3.26. The molecule has 1 aliphatic heterocycles. The number of ether oxygens (including phenoxy) is 4. The lowest BCUT2D eigenvalue weighted by atomic mass is 10.2. The van der Waals surface area contributed by atoms with Gasteiger partial charge in [-0.15, -0.1) is 0 Å². The molecule has 0 unspecified atom stereocenters. The van der Waals surface area contributed by atoms with Gasteiger partial charge in [-0.2, -0.15) is 0 Å². The summed E-state index contributed by atoms with van der Waals surface area (Å²) in [7, 11) is 4.66. The maximum absolute atomic E-state index is 12.9. The van der Waals surface area contributed by atoms with Gasteiger partial charge in [-0.3, -0.25) is 10.1 Å². The Morgan fingerprint density at radius 1 is 1.10 bits per heavy atom. The lowest BCUT2D eigenvalue weighted by Crippen LogP contribution is -2.37. The number of amides is 1. The van der Waals surface area contributed by atoms with Crippen LogP contribution in [-0.2, 0) is 4.74 Å². The highest BCUT2D eigenvalue weighted by Crippen LogP contribution is 2.24. The Balaban J connectivity index is 1.82. The fourth-order valence-corrected chi connectivity index (χ4v) is 3.09. The molecule has 8 heteroatoms. The van der Waals surface area contributed by atoms with Crippen molar-refractivity contribution in [2.24, 2.45) is 4.99 Å². The van der Waals surface area contributed by atoms with Gasteiger partial charge in [0.25, 0.3) is 5.91 Å². The molecule has 0 spiro atoms. The molecule has 3 rings (SSSR count). The minimum absolute atomic E-state index is 0.0493. The van der Waals surface area contributed by atoms with Gasteiger partial charge in [-0.1, -0.05) is 12.1 Å². The number of para-hydroxylation sites is 2. The summed E-state index contributed by atoms with van der Waals surface area (Å²) in [6.45, 7) is 1.19. The van der Waals surface area contributed by atoms with Crippen LogP contribution in [0.4, 0.5) is 5.69 Å². The van der Waals surface area contributed by atoms with Crippen molar-refractivity contribution >= 4 is 17.6 Å². The van der Waals surface area contributed by atoms with E-state index in [2.05, 4.69) is 15.6 Å². The molecular weight excluding hydrogens is 386 g/mol. The Morgan fingerprint density at radius 2 is 1.83 bits per heavy atom. The number of rotatable bonds is 7. The molecule has 1 saturated heterocycles. The molecule has 2 aromatic carbocycles. The molecule has 30 heavy (non-hydrogen) atoms. The van der Waals surface area contributed by atoms with Crippen LogP contribution in [0.3, 0.4) is 0 Å². The van der Waals surface area contributed by atoms with E-state index in [-0.39, 0.29) is 12.0 Å². The Labute approximate surface area is 176 Å². The molecule has 8 nitrogen and oxygen atoms in total. The molecule has 160 valence electrons. The van der Waals surface area contributed by atoms with E-state index in [1.807, 2.05) is 24.3 Å². The van der Waals surface area contributed by atoms with E-state index in [0.29, 0.717) is 41.0 Å². The number of guanidine groups is 1. The molecule has 0 aromatic heterocycles. The number of anilines is 1. The largest absolute Gasteiger partial charge is 0.497 e. The van der Waals surface area contributed by atoms with E-state index < -0.39 is 0 Å². The molecule has 0 aliphatic carbocycles. The summed E-state index contributed by atoms with van der Waals surface area (Å²) in [5.74, 6) is 1.65. The van der Waals surface area contributed by atoms with Crippen LogP contribution < -0.4 is 24.8 Å². The Morgan fingerprint density at radius 3 is 2.47 bits per heavy atom. The number of hydrogen-bond donors (Lipinski definition) is 2. The molecule has 0 bridgehead atoms. The highest BCUT2D eigenvalue weighted by Gasteiger charge is 2.17. The van der Waals surface area contributed by atoms with Gasteiger partial charge in [0.05, 0.1) is 39.7 Å². The number of carbonyl (C=O) groups excluding carboxylic acids is 1. The Kier molecular flexibility index (Phi) is 7.51. The second-order valence-corrected chi connectivity index (χ2v) is 6.71. The summed E-state index contributed by atoms with van der Waals surface area (Å²) in [4.78, 5) is 17.5. The van der Waals surface area contributed by atoms with E-state index >= 15 is 0 Å². The maximum Gasteiger partial charge on any atom is 0.258 e. The number of hydrogen-bond acceptors (Lipinski definition) is 6. The van der Waals surface area contributed by atoms with Crippen molar-refractivity contribution in [1.82, 2.24) is 5.32 Å². The molecule has 1 heterocycles. The predicted molar refractivity (Wildman–Crippen MR) is 115 cm³/mol. The fourth-order valence-electron chi connectivity index (χ4n) is 3.09. The van der Waals surface area contributed by atoms with Crippen LogP contribution in [0.25, 0.3) is 0 Å². The van der Waals surface area contributed by atoms with E-state index in [4.69, 9.17) is 18.9 Å². The lowest BCUT2D eigenvalue weighted by Gasteiger charge is -2.16. The maximum atomic E-state index is 12.9. The zero-order valence-corrected chi connectivity index (χ0v) is 17.4. The number of nitrogens with one attached hydrogen (secondary N) is 2. The summed E-state index contributed by atoms with van der Waals surface area (Å²) in [5, 5.41) is 5.99. The average Bonchev–Trinajstić information content (AvgIpc) is 3.31. The van der Waals surface area contributed by atoms with Crippen LogP contribution in [0.15, 0.2) is 47.5 Å². The molecule has 1 aliphatic rings. The van der Waals surface area contributed by atoms with Gasteiger partial charge in [-0.05, 0) is 37.1 Å². The minimum Gasteiger partial charge on any atom is -0.497 e. The number of carbonyl (C=O) groups is 1. The quantitative estimate of drug-likeness (QED) is 0.536. The number of methoxy groups -OCH3 is 3. The summed E-state index contributed by atoms with van der Waals surface area (Å²) >= 11 is 0. The monoisotopic (exact) mass is 413 g/mol. The van der Waals surface area contributed by atoms with Crippen molar-refractivity contribution in [3.8, 4) is 17.2 Å². The summed E-state index contributed by atoms with van der Waals surface area (Å²) < 4.78 is 21.5. The Bertz CT molecular complexity index is 872.